The largest absolute Gasteiger partial charge is 0.381 e. The Morgan fingerprint density at radius 3 is 3.06 bits per heavy atom. The van der Waals surface area contributed by atoms with Gasteiger partial charge in [-0.2, -0.15) is 0 Å². The van der Waals surface area contributed by atoms with Crippen LogP contribution in [0.3, 0.4) is 0 Å². The summed E-state index contributed by atoms with van der Waals surface area (Å²) in [6, 6.07) is 2.07. The van der Waals surface area contributed by atoms with Crippen LogP contribution in [0.15, 0.2) is 11.4 Å². The first-order chi connectivity index (χ1) is 8.81. The van der Waals surface area contributed by atoms with Crippen molar-refractivity contribution in [1.82, 2.24) is 5.32 Å². The lowest BCUT2D eigenvalue weighted by atomic mass is 10.1. The van der Waals surface area contributed by atoms with Crippen molar-refractivity contribution in [2.75, 3.05) is 19.8 Å². The third-order valence-electron chi connectivity index (χ3n) is 2.75. The van der Waals surface area contributed by atoms with Gasteiger partial charge in [0.25, 0.3) is 5.91 Å². The second-order valence-electron chi connectivity index (χ2n) is 4.03. The summed E-state index contributed by atoms with van der Waals surface area (Å²) in [7, 11) is 0. The minimum atomic E-state index is -0.0433. The van der Waals surface area contributed by atoms with Crippen LogP contribution >= 0.6 is 11.3 Å². The number of carbonyl (C=O) groups is 1. The predicted molar refractivity (Wildman–Crippen MR) is 71.6 cm³/mol. The molecule has 0 bridgehead atoms. The number of ether oxygens (including phenoxy) is 1. The molecule has 0 spiro atoms. The highest BCUT2D eigenvalue weighted by Crippen LogP contribution is 2.17. The summed E-state index contributed by atoms with van der Waals surface area (Å²) in [6.07, 6.45) is 1.75. The average Bonchev–Trinajstić information content (AvgIpc) is 2.86. The third-order valence-corrected chi connectivity index (χ3v) is 3.67. The Morgan fingerprint density at radius 2 is 2.33 bits per heavy atom. The maximum absolute atomic E-state index is 12.1. The molecule has 1 fully saturated rings. The van der Waals surface area contributed by atoms with Gasteiger partial charge in [-0.3, -0.25) is 4.79 Å². The van der Waals surface area contributed by atoms with Crippen LogP contribution in [-0.2, 0) is 4.74 Å². The number of carbonyl (C=O) groups excluding carboxylic acids is 1. The maximum atomic E-state index is 12.1. The van der Waals surface area contributed by atoms with Crippen LogP contribution < -0.4 is 11.1 Å². The smallest absolute Gasteiger partial charge is 0.262 e. The summed E-state index contributed by atoms with van der Waals surface area (Å²) in [6.45, 7) is 1.74. The van der Waals surface area contributed by atoms with E-state index in [9.17, 15) is 4.79 Å². The van der Waals surface area contributed by atoms with Gasteiger partial charge in [0, 0.05) is 24.8 Å². The van der Waals surface area contributed by atoms with Gasteiger partial charge in [-0.25, -0.2) is 0 Å². The molecule has 1 aromatic rings. The van der Waals surface area contributed by atoms with Crippen molar-refractivity contribution in [1.29, 1.82) is 0 Å². The summed E-state index contributed by atoms with van der Waals surface area (Å²) in [4.78, 5) is 12.8. The van der Waals surface area contributed by atoms with Gasteiger partial charge in [0.05, 0.1) is 6.54 Å². The first-order valence-electron chi connectivity index (χ1n) is 5.96. The van der Waals surface area contributed by atoms with Gasteiger partial charge in [0.15, 0.2) is 0 Å². The minimum absolute atomic E-state index is 0.0433. The zero-order valence-electron chi connectivity index (χ0n) is 10.1. The van der Waals surface area contributed by atoms with Gasteiger partial charge in [0.1, 0.15) is 4.88 Å². The van der Waals surface area contributed by atoms with E-state index in [-0.39, 0.29) is 11.9 Å². The number of rotatable bonds is 2. The number of nitrogens with two attached hydrogens (primary N) is 1. The van der Waals surface area contributed by atoms with Gasteiger partial charge < -0.3 is 15.8 Å². The molecule has 0 aromatic carbocycles. The predicted octanol–water partition coefficient (Wildman–Crippen LogP) is 0.967. The number of nitrogens with one attached hydrogen (secondary N) is 1. The Balaban J connectivity index is 2.02. The molecule has 0 atom stereocenters. The Morgan fingerprint density at radius 1 is 1.56 bits per heavy atom. The second-order valence-corrected chi connectivity index (χ2v) is 4.95. The summed E-state index contributed by atoms with van der Waals surface area (Å²) in [5.41, 5.74) is 6.10. The van der Waals surface area contributed by atoms with Crippen molar-refractivity contribution in [3.8, 4) is 11.8 Å². The lowest BCUT2D eigenvalue weighted by Crippen LogP contribution is -2.38. The molecule has 5 heteroatoms. The van der Waals surface area contributed by atoms with E-state index in [0.717, 1.165) is 31.6 Å². The van der Waals surface area contributed by atoms with Crippen molar-refractivity contribution >= 4 is 17.2 Å². The molecular formula is C13H16N2O2S. The van der Waals surface area contributed by atoms with E-state index in [2.05, 4.69) is 17.2 Å². The topological polar surface area (TPSA) is 64.4 Å². The number of thiophene rings is 1. The molecule has 2 rings (SSSR count). The van der Waals surface area contributed by atoms with Crippen LogP contribution in [0.1, 0.15) is 28.1 Å². The highest BCUT2D eigenvalue weighted by molar-refractivity contribution is 7.12. The molecular weight excluding hydrogens is 248 g/mol. The first-order valence-corrected chi connectivity index (χ1v) is 6.84. The van der Waals surface area contributed by atoms with Gasteiger partial charge in [-0.15, -0.1) is 11.3 Å². The molecule has 1 aliphatic heterocycles. The monoisotopic (exact) mass is 264 g/mol. The van der Waals surface area contributed by atoms with Crippen molar-refractivity contribution in [2.24, 2.45) is 5.73 Å². The van der Waals surface area contributed by atoms with Gasteiger partial charge >= 0.3 is 0 Å². The SMILES string of the molecule is NCC#Cc1ccsc1C(=O)NC1CCOCC1. The van der Waals surface area contributed by atoms with Crippen LogP contribution in [-0.4, -0.2) is 31.7 Å². The molecule has 3 N–H and O–H groups in total. The molecule has 4 nitrogen and oxygen atoms in total. The molecule has 2 heterocycles. The Kier molecular flexibility index (Phi) is 4.76. The molecule has 0 radical (unpaired) electrons. The summed E-state index contributed by atoms with van der Waals surface area (Å²) in [5, 5.41) is 4.90. The fourth-order valence-electron chi connectivity index (χ4n) is 1.82. The lowest BCUT2D eigenvalue weighted by molar-refractivity contribution is 0.0698. The summed E-state index contributed by atoms with van der Waals surface area (Å²) < 4.78 is 5.26. The molecule has 1 amide bonds. The van der Waals surface area contributed by atoms with Crippen molar-refractivity contribution < 1.29 is 9.53 Å². The summed E-state index contributed by atoms with van der Waals surface area (Å²) >= 11 is 1.41. The van der Waals surface area contributed by atoms with Gasteiger partial charge in [-0.1, -0.05) is 11.8 Å². The molecule has 1 aliphatic rings. The Bertz CT molecular complexity index is 467. The zero-order valence-corrected chi connectivity index (χ0v) is 10.9. The van der Waals surface area contributed by atoms with Gasteiger partial charge in [-0.05, 0) is 24.3 Å². The normalized spacial score (nSPS) is 15.8. The molecule has 18 heavy (non-hydrogen) atoms. The fourth-order valence-corrected chi connectivity index (χ4v) is 2.57. The summed E-state index contributed by atoms with van der Waals surface area (Å²) in [5.74, 6) is 5.65. The molecule has 0 unspecified atom stereocenters. The number of amides is 1. The molecule has 1 aromatic heterocycles. The van der Waals surface area contributed by atoms with Crippen LogP contribution in [0.2, 0.25) is 0 Å². The third kappa shape index (κ3) is 3.33. The molecule has 96 valence electrons. The van der Waals surface area contributed by atoms with Crippen molar-refractivity contribution in [3.63, 3.8) is 0 Å². The van der Waals surface area contributed by atoms with Crippen LogP contribution in [0, 0.1) is 11.8 Å². The minimum Gasteiger partial charge on any atom is -0.381 e. The second kappa shape index (κ2) is 6.55. The van der Waals surface area contributed by atoms with Crippen molar-refractivity contribution in [2.45, 2.75) is 18.9 Å². The van der Waals surface area contributed by atoms with E-state index >= 15 is 0 Å². The maximum Gasteiger partial charge on any atom is 0.262 e. The van der Waals surface area contributed by atoms with E-state index in [1.807, 2.05) is 11.4 Å². The molecule has 0 aliphatic carbocycles. The van der Waals surface area contributed by atoms with Crippen LogP contribution in [0.5, 0.6) is 0 Å². The fraction of sp³-hybridized carbons (Fsp3) is 0.462. The van der Waals surface area contributed by atoms with E-state index in [1.165, 1.54) is 11.3 Å². The number of hydrogen-bond acceptors (Lipinski definition) is 4. The zero-order chi connectivity index (χ0) is 12.8. The first kappa shape index (κ1) is 13.1. The van der Waals surface area contributed by atoms with E-state index < -0.39 is 0 Å². The van der Waals surface area contributed by atoms with Crippen molar-refractivity contribution in [3.05, 3.63) is 21.9 Å². The quantitative estimate of drug-likeness (QED) is 0.782. The van der Waals surface area contributed by atoms with Gasteiger partial charge in [0.2, 0.25) is 0 Å². The Labute approximate surface area is 111 Å². The highest BCUT2D eigenvalue weighted by atomic mass is 32.1. The number of hydrogen-bond donors (Lipinski definition) is 2. The lowest BCUT2D eigenvalue weighted by Gasteiger charge is -2.22. The Hall–Kier alpha value is -1.35. The van der Waals surface area contributed by atoms with E-state index in [0.29, 0.717) is 11.4 Å². The van der Waals surface area contributed by atoms with Crippen LogP contribution in [0.4, 0.5) is 0 Å². The molecule has 0 saturated carbocycles. The van der Waals surface area contributed by atoms with E-state index in [4.69, 9.17) is 10.5 Å². The van der Waals surface area contributed by atoms with Crippen LogP contribution in [0.25, 0.3) is 0 Å². The van der Waals surface area contributed by atoms with E-state index in [1.54, 1.807) is 0 Å². The highest BCUT2D eigenvalue weighted by Gasteiger charge is 2.19. The average molecular weight is 264 g/mol. The standard InChI is InChI=1S/C13H16N2O2S/c14-6-1-2-10-5-9-18-12(10)13(16)15-11-3-7-17-8-4-11/h5,9,11H,3-4,6-8,14H2,(H,15,16). The molecule has 1 saturated heterocycles.